The van der Waals surface area contributed by atoms with Crippen molar-refractivity contribution in [1.82, 2.24) is 15.5 Å². The molecule has 0 amide bonds. The summed E-state index contributed by atoms with van der Waals surface area (Å²) >= 11 is 6.04. The lowest BCUT2D eigenvalue weighted by molar-refractivity contribution is 0.186. The van der Waals surface area contributed by atoms with Crippen LogP contribution < -0.4 is 10.6 Å². The number of nitrogens with one attached hydrogen (secondary N) is 2. The highest BCUT2D eigenvalue weighted by atomic mass is 35.5. The van der Waals surface area contributed by atoms with Gasteiger partial charge in [-0.3, -0.25) is 4.99 Å². The van der Waals surface area contributed by atoms with Crippen LogP contribution in [0.2, 0.25) is 5.02 Å². The van der Waals surface area contributed by atoms with Crippen molar-refractivity contribution >= 4 is 17.6 Å². The zero-order valence-corrected chi connectivity index (χ0v) is 15.8. The number of hydrogen-bond acceptors (Lipinski definition) is 2. The van der Waals surface area contributed by atoms with Crippen molar-refractivity contribution in [3.8, 4) is 0 Å². The Kier molecular flexibility index (Phi) is 8.40. The van der Waals surface area contributed by atoms with Crippen molar-refractivity contribution in [2.45, 2.75) is 33.1 Å². The Bertz CT molecular complexity index is 518. The van der Waals surface area contributed by atoms with Gasteiger partial charge in [0.15, 0.2) is 5.96 Å². The van der Waals surface area contributed by atoms with E-state index in [0.29, 0.717) is 5.92 Å². The van der Waals surface area contributed by atoms with Gasteiger partial charge in [-0.1, -0.05) is 30.7 Å². The molecular formula is C19H31ClN4. The first-order valence-corrected chi connectivity index (χ1v) is 9.58. The fourth-order valence-corrected chi connectivity index (χ4v) is 3.38. The van der Waals surface area contributed by atoms with Gasteiger partial charge >= 0.3 is 0 Å². The number of halogens is 1. The van der Waals surface area contributed by atoms with Gasteiger partial charge < -0.3 is 15.5 Å². The van der Waals surface area contributed by atoms with Gasteiger partial charge in [-0.05, 0) is 62.9 Å². The van der Waals surface area contributed by atoms with Crippen LogP contribution in [-0.2, 0) is 6.42 Å². The maximum absolute atomic E-state index is 6.04. The third-order valence-electron chi connectivity index (χ3n) is 4.50. The molecule has 24 heavy (non-hydrogen) atoms. The maximum atomic E-state index is 6.04. The maximum Gasteiger partial charge on any atom is 0.191 e. The van der Waals surface area contributed by atoms with Crippen LogP contribution in [0.5, 0.6) is 0 Å². The van der Waals surface area contributed by atoms with Gasteiger partial charge in [0.2, 0.25) is 0 Å². The van der Waals surface area contributed by atoms with Gasteiger partial charge in [-0.15, -0.1) is 0 Å². The molecule has 5 heteroatoms. The standard InChI is InChI=1S/C19H31ClN4/c1-3-21-19(22-11-10-16-7-5-9-18(20)13-16)23-14-17-8-6-12-24(4-2)15-17/h5,7,9,13,17H,3-4,6,8,10-12,14-15H2,1-2H3,(H2,21,22,23). The first-order valence-electron chi connectivity index (χ1n) is 9.20. The van der Waals surface area contributed by atoms with Crippen LogP contribution >= 0.6 is 11.6 Å². The van der Waals surface area contributed by atoms with Crippen LogP contribution in [-0.4, -0.2) is 50.1 Å². The average molecular weight is 351 g/mol. The Balaban J connectivity index is 1.79. The summed E-state index contributed by atoms with van der Waals surface area (Å²) in [5, 5.41) is 7.58. The minimum absolute atomic E-state index is 0.682. The lowest BCUT2D eigenvalue weighted by Crippen LogP contribution is -2.40. The van der Waals surface area contributed by atoms with Crippen LogP contribution in [0.15, 0.2) is 29.3 Å². The lowest BCUT2D eigenvalue weighted by atomic mass is 9.98. The molecule has 134 valence electrons. The molecular weight excluding hydrogens is 320 g/mol. The minimum atomic E-state index is 0.682. The number of rotatable bonds is 7. The molecule has 1 fully saturated rings. The van der Waals surface area contributed by atoms with E-state index in [4.69, 9.17) is 16.6 Å². The average Bonchev–Trinajstić information content (AvgIpc) is 2.60. The van der Waals surface area contributed by atoms with E-state index in [1.807, 2.05) is 18.2 Å². The number of hydrogen-bond donors (Lipinski definition) is 2. The molecule has 1 aliphatic heterocycles. The van der Waals surface area contributed by atoms with Gasteiger partial charge in [0.1, 0.15) is 0 Å². The number of nitrogens with zero attached hydrogens (tertiary/aromatic N) is 2. The summed E-state index contributed by atoms with van der Waals surface area (Å²) in [5.41, 5.74) is 1.25. The fraction of sp³-hybridized carbons (Fsp3) is 0.632. The van der Waals surface area contributed by atoms with Gasteiger partial charge in [0, 0.05) is 31.2 Å². The van der Waals surface area contributed by atoms with Crippen molar-refractivity contribution in [2.24, 2.45) is 10.9 Å². The third kappa shape index (κ3) is 6.70. The van der Waals surface area contributed by atoms with Gasteiger partial charge in [-0.25, -0.2) is 0 Å². The van der Waals surface area contributed by atoms with Crippen molar-refractivity contribution in [2.75, 3.05) is 39.3 Å². The summed E-state index contributed by atoms with van der Waals surface area (Å²) in [6.45, 7) is 10.6. The molecule has 0 aliphatic carbocycles. The molecule has 0 bridgehead atoms. The van der Waals surface area contributed by atoms with Crippen molar-refractivity contribution in [1.29, 1.82) is 0 Å². The molecule has 1 heterocycles. The van der Waals surface area contributed by atoms with E-state index in [1.165, 1.54) is 31.5 Å². The molecule has 4 nitrogen and oxygen atoms in total. The largest absolute Gasteiger partial charge is 0.357 e. The summed E-state index contributed by atoms with van der Waals surface area (Å²) in [4.78, 5) is 7.33. The number of piperidine rings is 1. The van der Waals surface area contributed by atoms with Crippen LogP contribution in [0.1, 0.15) is 32.3 Å². The summed E-state index contributed by atoms with van der Waals surface area (Å²) in [6.07, 6.45) is 3.53. The number of benzene rings is 1. The Morgan fingerprint density at radius 2 is 2.21 bits per heavy atom. The van der Waals surface area contributed by atoms with E-state index >= 15 is 0 Å². The molecule has 0 spiro atoms. The molecule has 2 rings (SSSR count). The van der Waals surface area contributed by atoms with Gasteiger partial charge in [-0.2, -0.15) is 0 Å². The summed E-state index contributed by atoms with van der Waals surface area (Å²) < 4.78 is 0. The third-order valence-corrected chi connectivity index (χ3v) is 4.73. The highest BCUT2D eigenvalue weighted by Crippen LogP contribution is 2.16. The number of likely N-dealkylation sites (tertiary alicyclic amines) is 1. The van der Waals surface area contributed by atoms with Crippen LogP contribution in [0, 0.1) is 5.92 Å². The second-order valence-corrected chi connectivity index (χ2v) is 6.86. The van der Waals surface area contributed by atoms with E-state index < -0.39 is 0 Å². The zero-order chi connectivity index (χ0) is 17.2. The van der Waals surface area contributed by atoms with Crippen LogP contribution in [0.4, 0.5) is 0 Å². The second kappa shape index (κ2) is 10.6. The molecule has 0 aromatic heterocycles. The molecule has 1 atom stereocenters. The molecule has 1 aliphatic rings. The Morgan fingerprint density at radius 1 is 1.33 bits per heavy atom. The van der Waals surface area contributed by atoms with E-state index in [0.717, 1.165) is 43.6 Å². The molecule has 1 aromatic carbocycles. The summed E-state index contributed by atoms with van der Waals surface area (Å²) in [5.74, 6) is 1.61. The van der Waals surface area contributed by atoms with Gasteiger partial charge in [0.25, 0.3) is 0 Å². The van der Waals surface area contributed by atoms with E-state index in [2.05, 4.69) is 35.4 Å². The quantitative estimate of drug-likeness (QED) is 0.586. The Morgan fingerprint density at radius 3 is 2.96 bits per heavy atom. The second-order valence-electron chi connectivity index (χ2n) is 6.43. The molecule has 2 N–H and O–H groups in total. The predicted molar refractivity (Wildman–Crippen MR) is 104 cm³/mol. The van der Waals surface area contributed by atoms with Crippen LogP contribution in [0.25, 0.3) is 0 Å². The number of aliphatic imine (C=N–C) groups is 1. The van der Waals surface area contributed by atoms with Crippen molar-refractivity contribution in [3.05, 3.63) is 34.9 Å². The van der Waals surface area contributed by atoms with E-state index in [9.17, 15) is 0 Å². The Hall–Kier alpha value is -1.26. The zero-order valence-electron chi connectivity index (χ0n) is 15.0. The van der Waals surface area contributed by atoms with E-state index in [-0.39, 0.29) is 0 Å². The smallest absolute Gasteiger partial charge is 0.191 e. The van der Waals surface area contributed by atoms with Gasteiger partial charge in [0.05, 0.1) is 0 Å². The Labute approximate surface area is 151 Å². The van der Waals surface area contributed by atoms with Crippen LogP contribution in [0.3, 0.4) is 0 Å². The van der Waals surface area contributed by atoms with Crippen molar-refractivity contribution < 1.29 is 0 Å². The fourth-order valence-electron chi connectivity index (χ4n) is 3.17. The normalized spacial score (nSPS) is 19.3. The molecule has 0 radical (unpaired) electrons. The van der Waals surface area contributed by atoms with Crippen molar-refractivity contribution in [3.63, 3.8) is 0 Å². The van der Waals surface area contributed by atoms with E-state index in [1.54, 1.807) is 0 Å². The molecule has 0 saturated carbocycles. The first-order chi connectivity index (χ1) is 11.7. The highest BCUT2D eigenvalue weighted by molar-refractivity contribution is 6.30. The lowest BCUT2D eigenvalue weighted by Gasteiger charge is -2.31. The SMILES string of the molecule is CCNC(=NCC1CCCN(CC)C1)NCCc1cccc(Cl)c1. The molecule has 1 unspecified atom stereocenters. The summed E-state index contributed by atoms with van der Waals surface area (Å²) in [6, 6.07) is 8.04. The highest BCUT2D eigenvalue weighted by Gasteiger charge is 2.18. The first kappa shape index (κ1) is 19.1. The molecule has 1 saturated heterocycles. The predicted octanol–water partition coefficient (Wildman–Crippen LogP) is 3.17. The number of guanidine groups is 1. The minimum Gasteiger partial charge on any atom is -0.357 e. The monoisotopic (exact) mass is 350 g/mol. The molecule has 1 aromatic rings. The summed E-state index contributed by atoms with van der Waals surface area (Å²) in [7, 11) is 0. The topological polar surface area (TPSA) is 39.7 Å².